The van der Waals surface area contributed by atoms with Crippen LogP contribution in [0, 0.1) is 18.6 Å². The lowest BCUT2D eigenvalue weighted by atomic mass is 9.94. The van der Waals surface area contributed by atoms with Gasteiger partial charge < -0.3 is 15.0 Å². The first-order chi connectivity index (χ1) is 21.2. The van der Waals surface area contributed by atoms with Crippen molar-refractivity contribution in [2.45, 2.75) is 69.0 Å². The third-order valence-electron chi connectivity index (χ3n) is 10.4. The van der Waals surface area contributed by atoms with E-state index in [1.165, 1.54) is 12.3 Å². The predicted octanol–water partition coefficient (Wildman–Crippen LogP) is 6.00. The molecule has 4 fully saturated rings. The summed E-state index contributed by atoms with van der Waals surface area (Å²) in [6.07, 6.45) is 4.00. The minimum Gasteiger partial charge on any atom is -0.461 e. The molecule has 8 nitrogen and oxygen atoms in total. The second-order valence-electron chi connectivity index (χ2n) is 12.9. The van der Waals surface area contributed by atoms with Crippen LogP contribution in [0.4, 0.5) is 23.4 Å². The number of anilines is 1. The van der Waals surface area contributed by atoms with Gasteiger partial charge in [-0.15, -0.1) is 0 Å². The molecule has 0 amide bonds. The number of piperazine rings is 1. The molecule has 44 heavy (non-hydrogen) atoms. The minimum atomic E-state index is -2.59. The van der Waals surface area contributed by atoms with Gasteiger partial charge in [-0.3, -0.25) is 10.00 Å². The first-order valence-corrected chi connectivity index (χ1v) is 15.6. The van der Waals surface area contributed by atoms with Gasteiger partial charge in [0.15, 0.2) is 5.82 Å². The molecule has 0 saturated carbocycles. The van der Waals surface area contributed by atoms with Gasteiger partial charge in [-0.25, -0.2) is 17.6 Å². The van der Waals surface area contributed by atoms with Gasteiger partial charge in [0.2, 0.25) is 0 Å². The Morgan fingerprint density at radius 1 is 1.09 bits per heavy atom. The summed E-state index contributed by atoms with van der Waals surface area (Å²) in [5, 5.41) is 10.7. The zero-order valence-electron chi connectivity index (χ0n) is 24.2. The molecule has 1 unspecified atom stereocenters. The molecule has 2 aromatic carbocycles. The molecule has 2 bridgehead atoms. The van der Waals surface area contributed by atoms with Gasteiger partial charge in [0.1, 0.15) is 23.8 Å². The van der Waals surface area contributed by atoms with E-state index in [-0.39, 0.29) is 56.8 Å². The van der Waals surface area contributed by atoms with Crippen LogP contribution in [0.5, 0.6) is 6.01 Å². The fourth-order valence-electron chi connectivity index (χ4n) is 8.16. The van der Waals surface area contributed by atoms with Crippen LogP contribution in [0.1, 0.15) is 44.1 Å². The van der Waals surface area contributed by atoms with E-state index in [0.29, 0.717) is 42.7 Å². The molecule has 13 heteroatoms. The Bertz CT molecular complexity index is 1790. The van der Waals surface area contributed by atoms with Crippen molar-refractivity contribution < 1.29 is 22.3 Å². The van der Waals surface area contributed by atoms with Crippen LogP contribution in [0.2, 0.25) is 5.02 Å². The zero-order chi connectivity index (χ0) is 30.4. The number of halogens is 5. The normalized spacial score (nSPS) is 24.7. The molecule has 0 aliphatic carbocycles. The molecule has 2 atom stereocenters. The van der Waals surface area contributed by atoms with Crippen molar-refractivity contribution in [3.05, 3.63) is 40.6 Å². The number of ether oxygens (including phenoxy) is 1. The molecule has 4 saturated heterocycles. The molecule has 0 radical (unpaired) electrons. The van der Waals surface area contributed by atoms with Crippen molar-refractivity contribution in [3.8, 4) is 17.1 Å². The highest BCUT2D eigenvalue weighted by Gasteiger charge is 2.51. The number of fused-ring (bicyclic) bond motifs is 5. The number of rotatable bonds is 6. The van der Waals surface area contributed by atoms with Crippen molar-refractivity contribution in [2.75, 3.05) is 37.7 Å². The quantitative estimate of drug-likeness (QED) is 0.253. The number of aromatic amines is 1. The third-order valence-corrected chi connectivity index (χ3v) is 10.7. The largest absolute Gasteiger partial charge is 0.461 e. The molecule has 2 aromatic heterocycles. The maximum atomic E-state index is 16.9. The summed E-state index contributed by atoms with van der Waals surface area (Å²) in [5.74, 6) is -1.00. The van der Waals surface area contributed by atoms with Crippen LogP contribution in [0.15, 0.2) is 18.3 Å². The second-order valence-corrected chi connectivity index (χ2v) is 13.3. The van der Waals surface area contributed by atoms with Gasteiger partial charge in [0.25, 0.3) is 6.43 Å². The molecule has 232 valence electrons. The lowest BCUT2D eigenvalue weighted by Crippen LogP contribution is -2.63. The average molecular weight is 630 g/mol. The first kappa shape index (κ1) is 28.3. The van der Waals surface area contributed by atoms with Gasteiger partial charge in [-0.2, -0.15) is 15.1 Å². The fourth-order valence-corrected chi connectivity index (χ4v) is 8.44. The van der Waals surface area contributed by atoms with Crippen molar-refractivity contribution >= 4 is 39.2 Å². The first-order valence-electron chi connectivity index (χ1n) is 15.2. The molecule has 4 aliphatic rings. The van der Waals surface area contributed by atoms with Crippen LogP contribution in [-0.2, 0) is 0 Å². The van der Waals surface area contributed by atoms with Crippen molar-refractivity contribution in [2.24, 2.45) is 0 Å². The van der Waals surface area contributed by atoms with Gasteiger partial charge in [0.05, 0.1) is 27.8 Å². The Morgan fingerprint density at radius 3 is 2.66 bits per heavy atom. The van der Waals surface area contributed by atoms with E-state index in [4.69, 9.17) is 21.3 Å². The molecular weight excluding hydrogens is 598 g/mol. The maximum Gasteiger partial charge on any atom is 0.319 e. The summed E-state index contributed by atoms with van der Waals surface area (Å²) >= 11 is 6.80. The summed E-state index contributed by atoms with van der Waals surface area (Å²) < 4.78 is 66.9. The number of nitrogens with zero attached hydrogens (tertiary/aromatic N) is 5. The second kappa shape index (κ2) is 10.1. The number of H-pyrrole nitrogens is 1. The Hall–Kier alpha value is -3.22. The van der Waals surface area contributed by atoms with Crippen LogP contribution in [-0.4, -0.2) is 81.4 Å². The highest BCUT2D eigenvalue weighted by molar-refractivity contribution is 6.35. The van der Waals surface area contributed by atoms with Gasteiger partial charge >= 0.3 is 6.01 Å². The molecule has 2 N–H and O–H groups in total. The molecule has 4 aromatic rings. The van der Waals surface area contributed by atoms with E-state index < -0.39 is 23.6 Å². The lowest BCUT2D eigenvalue weighted by Gasteiger charge is -2.41. The molecule has 6 heterocycles. The summed E-state index contributed by atoms with van der Waals surface area (Å²) in [4.78, 5) is 13.5. The molecular formula is C31H32ClF4N7O. The molecule has 0 spiro atoms. The number of hydrogen-bond donors (Lipinski definition) is 2. The van der Waals surface area contributed by atoms with Crippen LogP contribution >= 0.6 is 11.6 Å². The van der Waals surface area contributed by atoms with Crippen LogP contribution < -0.4 is 15.0 Å². The Balaban J connectivity index is 1.30. The summed E-state index contributed by atoms with van der Waals surface area (Å²) in [5.41, 5.74) is -0.693. The number of nitrogens with one attached hydrogen (secondary N) is 2. The standard InChI is InChI=1S/C31H32ClF4N7O/c1-16-21(33)11-22-19(12-37-41-22)23(16)24-20(32)10-18-26(25(24)34)38-29(44-15-30-5-2-8-43(30)9-3-6-30)39-27(18)42-13-17-4-7-31(14-42,40-17)28(35)36/h10-12,17,28,40H,2-9,13-15H2,1H3,(H,37,41)/t17-,31?/m1/s1. The van der Waals surface area contributed by atoms with Gasteiger partial charge in [-0.05, 0) is 76.2 Å². The predicted molar refractivity (Wildman–Crippen MR) is 160 cm³/mol. The van der Waals surface area contributed by atoms with Crippen molar-refractivity contribution in [1.29, 1.82) is 0 Å². The highest BCUT2D eigenvalue weighted by Crippen LogP contribution is 2.45. The maximum absolute atomic E-state index is 16.9. The number of hydrogen-bond acceptors (Lipinski definition) is 7. The summed E-state index contributed by atoms with van der Waals surface area (Å²) in [6.45, 7) is 4.34. The lowest BCUT2D eigenvalue weighted by molar-refractivity contribution is 0.0367. The van der Waals surface area contributed by atoms with Crippen molar-refractivity contribution in [1.82, 2.24) is 30.4 Å². The summed E-state index contributed by atoms with van der Waals surface area (Å²) in [7, 11) is 0. The van der Waals surface area contributed by atoms with Crippen molar-refractivity contribution in [3.63, 3.8) is 0 Å². The SMILES string of the molecule is Cc1c(F)cc2[nH]ncc2c1-c1c(Cl)cc2c(N3C[C@H]4CCC(C(F)F)(C3)N4)nc(OCC34CCCN3CCC4)nc2c1F. The monoisotopic (exact) mass is 629 g/mol. The van der Waals surface area contributed by atoms with E-state index in [1.54, 1.807) is 17.9 Å². The highest BCUT2D eigenvalue weighted by atomic mass is 35.5. The number of alkyl halides is 2. The third kappa shape index (κ3) is 4.20. The van der Waals surface area contributed by atoms with E-state index in [1.807, 2.05) is 0 Å². The van der Waals surface area contributed by atoms with Gasteiger partial charge in [-0.1, -0.05) is 11.6 Å². The smallest absolute Gasteiger partial charge is 0.319 e. The van der Waals surface area contributed by atoms with Gasteiger partial charge in [0, 0.05) is 41.0 Å². The Labute approximate surface area is 256 Å². The Kier molecular flexibility index (Phi) is 6.52. The topological polar surface area (TPSA) is 82.2 Å². The number of aromatic nitrogens is 4. The van der Waals surface area contributed by atoms with Crippen LogP contribution in [0.3, 0.4) is 0 Å². The number of benzene rings is 2. The minimum absolute atomic E-state index is 0.00985. The van der Waals surface area contributed by atoms with E-state index in [2.05, 4.69) is 25.4 Å². The fraction of sp³-hybridized carbons (Fsp3) is 0.516. The van der Waals surface area contributed by atoms with E-state index in [0.717, 1.165) is 38.8 Å². The molecule has 4 aliphatic heterocycles. The van der Waals surface area contributed by atoms with E-state index >= 15 is 8.78 Å². The zero-order valence-corrected chi connectivity index (χ0v) is 25.0. The average Bonchev–Trinajstić information content (AvgIpc) is 3.77. The van der Waals surface area contributed by atoms with E-state index in [9.17, 15) is 8.78 Å². The summed E-state index contributed by atoms with van der Waals surface area (Å²) in [6, 6.07) is 2.68. The molecule has 8 rings (SSSR count). The van der Waals surface area contributed by atoms with Crippen LogP contribution in [0.25, 0.3) is 32.9 Å². The Morgan fingerprint density at radius 2 is 1.89 bits per heavy atom.